The lowest BCUT2D eigenvalue weighted by Gasteiger charge is -2.17. The number of carbonyl (C=O) groups excluding carboxylic acids is 1. The Bertz CT molecular complexity index is 1150. The zero-order valence-corrected chi connectivity index (χ0v) is 19.2. The molecule has 1 aromatic heterocycles. The second kappa shape index (κ2) is 11.2. The van der Waals surface area contributed by atoms with Gasteiger partial charge in [0.1, 0.15) is 23.2 Å². The van der Waals surface area contributed by atoms with E-state index in [0.29, 0.717) is 43.0 Å². The summed E-state index contributed by atoms with van der Waals surface area (Å²) in [6.07, 6.45) is 6.04. The molecule has 0 unspecified atom stereocenters. The van der Waals surface area contributed by atoms with E-state index in [0.717, 1.165) is 29.8 Å². The molecule has 0 saturated heterocycles. The Balaban J connectivity index is 1.25. The number of nitrogens with zero attached hydrogens (tertiary/aromatic N) is 3. The van der Waals surface area contributed by atoms with E-state index in [4.69, 9.17) is 10.5 Å². The van der Waals surface area contributed by atoms with Crippen LogP contribution in [-0.4, -0.2) is 28.5 Å². The monoisotopic (exact) mass is 458 g/mol. The number of nitriles is 1. The van der Waals surface area contributed by atoms with Crippen molar-refractivity contribution in [3.05, 3.63) is 71.4 Å². The van der Waals surface area contributed by atoms with Crippen LogP contribution in [0, 0.1) is 11.3 Å². The van der Waals surface area contributed by atoms with Crippen molar-refractivity contribution in [3.8, 4) is 17.5 Å². The fraction of sp³-hybridized carbons (Fsp3) is 0.346. The number of aromatic nitrogens is 2. The van der Waals surface area contributed by atoms with E-state index in [1.54, 1.807) is 4.68 Å². The number of aryl methyl sites for hydroxylation is 1. The summed E-state index contributed by atoms with van der Waals surface area (Å²) < 4.78 is 7.72. The first kappa shape index (κ1) is 23.2. The number of carbonyl (C=O) groups is 1. The van der Waals surface area contributed by atoms with E-state index >= 15 is 0 Å². The molecule has 2 aromatic carbocycles. The maximum absolute atomic E-state index is 12.3. The average molecular weight is 459 g/mol. The summed E-state index contributed by atoms with van der Waals surface area (Å²) in [7, 11) is 0. The zero-order valence-electron chi connectivity index (χ0n) is 19.2. The highest BCUT2D eigenvalue weighted by molar-refractivity contribution is 5.73. The van der Waals surface area contributed by atoms with Crippen LogP contribution in [0.3, 0.4) is 0 Å². The first-order chi connectivity index (χ1) is 16.7. The fourth-order valence-electron chi connectivity index (χ4n) is 4.19. The minimum Gasteiger partial charge on any atom is -0.490 e. The molecule has 3 aromatic rings. The first-order valence-corrected chi connectivity index (χ1v) is 11.7. The van der Waals surface area contributed by atoms with Gasteiger partial charge in [-0.3, -0.25) is 0 Å². The number of hydrogen-bond donors (Lipinski definition) is 3. The van der Waals surface area contributed by atoms with E-state index in [9.17, 15) is 10.1 Å². The van der Waals surface area contributed by atoms with Crippen LogP contribution in [-0.2, 0) is 13.0 Å². The standard InChI is InChI=1S/C26H30N6O2/c27-17-22-23(31-32(25(22)28)20-10-2-1-3-11-20)14-8-16-29-26(33)30-18-19-9-4-7-15-24(19)34-21-12-5-6-13-21/h1-4,7,9-11,15,21H,5-6,8,12-14,16,18,28H2,(H2,29,30,33). The van der Waals surface area contributed by atoms with Crippen molar-refractivity contribution < 1.29 is 9.53 Å². The number of benzene rings is 2. The van der Waals surface area contributed by atoms with Gasteiger partial charge < -0.3 is 21.1 Å². The molecule has 4 N–H and O–H groups in total. The van der Waals surface area contributed by atoms with Gasteiger partial charge in [-0.2, -0.15) is 10.4 Å². The van der Waals surface area contributed by atoms with E-state index in [1.165, 1.54) is 12.8 Å². The van der Waals surface area contributed by atoms with Gasteiger partial charge in [0.05, 0.1) is 17.5 Å². The van der Waals surface area contributed by atoms with Gasteiger partial charge in [-0.25, -0.2) is 9.48 Å². The lowest BCUT2D eigenvalue weighted by molar-refractivity contribution is 0.207. The number of anilines is 1. The highest BCUT2D eigenvalue weighted by Crippen LogP contribution is 2.26. The molecule has 0 atom stereocenters. The molecule has 1 fully saturated rings. The van der Waals surface area contributed by atoms with Gasteiger partial charge >= 0.3 is 6.03 Å². The Kier molecular flexibility index (Phi) is 7.66. The molecule has 0 radical (unpaired) electrons. The predicted molar refractivity (Wildman–Crippen MR) is 131 cm³/mol. The molecule has 0 aliphatic heterocycles. The molecule has 0 spiro atoms. The summed E-state index contributed by atoms with van der Waals surface area (Å²) in [6, 6.07) is 19.2. The summed E-state index contributed by atoms with van der Waals surface area (Å²) in [5, 5.41) is 19.8. The molecule has 1 heterocycles. The van der Waals surface area contributed by atoms with Gasteiger partial charge in [-0.05, 0) is 56.7 Å². The van der Waals surface area contributed by atoms with Gasteiger partial charge in [0.2, 0.25) is 0 Å². The summed E-state index contributed by atoms with van der Waals surface area (Å²) >= 11 is 0. The van der Waals surface area contributed by atoms with Gasteiger partial charge in [0.15, 0.2) is 0 Å². The molecule has 0 bridgehead atoms. The number of nitrogens with one attached hydrogen (secondary N) is 2. The molecular weight excluding hydrogens is 428 g/mol. The van der Waals surface area contributed by atoms with Gasteiger partial charge in [-0.15, -0.1) is 0 Å². The molecule has 1 aliphatic carbocycles. The van der Waals surface area contributed by atoms with Crippen molar-refractivity contribution in [2.75, 3.05) is 12.3 Å². The van der Waals surface area contributed by atoms with E-state index in [1.807, 2.05) is 54.6 Å². The summed E-state index contributed by atoms with van der Waals surface area (Å²) in [5.74, 6) is 1.17. The van der Waals surface area contributed by atoms with Crippen LogP contribution in [0.4, 0.5) is 10.6 Å². The smallest absolute Gasteiger partial charge is 0.315 e. The molecule has 176 valence electrons. The number of urea groups is 1. The van der Waals surface area contributed by atoms with E-state index < -0.39 is 0 Å². The maximum Gasteiger partial charge on any atom is 0.315 e. The Labute approximate surface area is 199 Å². The highest BCUT2D eigenvalue weighted by Gasteiger charge is 2.18. The molecule has 2 amide bonds. The number of nitrogens with two attached hydrogens (primary N) is 1. The quantitative estimate of drug-likeness (QED) is 0.418. The van der Waals surface area contributed by atoms with Crippen LogP contribution in [0.25, 0.3) is 5.69 Å². The number of rotatable bonds is 9. The van der Waals surface area contributed by atoms with Crippen LogP contribution >= 0.6 is 0 Å². The maximum atomic E-state index is 12.3. The topological polar surface area (TPSA) is 118 Å². The van der Waals surface area contributed by atoms with Crippen molar-refractivity contribution in [3.63, 3.8) is 0 Å². The van der Waals surface area contributed by atoms with Gasteiger partial charge in [0.25, 0.3) is 0 Å². The Hall–Kier alpha value is -3.99. The van der Waals surface area contributed by atoms with E-state index in [2.05, 4.69) is 21.8 Å². The second-order valence-corrected chi connectivity index (χ2v) is 8.41. The van der Waals surface area contributed by atoms with Crippen LogP contribution in [0.5, 0.6) is 5.75 Å². The third kappa shape index (κ3) is 5.67. The van der Waals surface area contributed by atoms with Crippen LogP contribution in [0.15, 0.2) is 54.6 Å². The molecule has 4 rings (SSSR count). The van der Waals surface area contributed by atoms with Crippen molar-refractivity contribution in [1.82, 2.24) is 20.4 Å². The van der Waals surface area contributed by atoms with Gasteiger partial charge in [0, 0.05) is 18.7 Å². The molecular formula is C26H30N6O2. The minimum atomic E-state index is -0.245. The number of nitrogen functional groups attached to an aromatic ring is 1. The Morgan fingerprint density at radius 2 is 1.85 bits per heavy atom. The Morgan fingerprint density at radius 3 is 2.62 bits per heavy atom. The van der Waals surface area contributed by atoms with Crippen molar-refractivity contribution in [1.29, 1.82) is 5.26 Å². The molecule has 1 saturated carbocycles. The summed E-state index contributed by atoms with van der Waals surface area (Å²) in [6.45, 7) is 0.848. The highest BCUT2D eigenvalue weighted by atomic mass is 16.5. The van der Waals surface area contributed by atoms with E-state index in [-0.39, 0.29) is 12.1 Å². The SMILES string of the molecule is N#Cc1c(CCCNC(=O)NCc2ccccc2OC2CCCC2)nn(-c2ccccc2)c1N. The molecule has 8 heteroatoms. The minimum absolute atomic E-state index is 0.245. The number of para-hydroxylation sites is 2. The fourth-order valence-corrected chi connectivity index (χ4v) is 4.19. The average Bonchev–Trinajstić information content (AvgIpc) is 3.49. The molecule has 34 heavy (non-hydrogen) atoms. The first-order valence-electron chi connectivity index (χ1n) is 11.7. The number of amides is 2. The third-order valence-corrected chi connectivity index (χ3v) is 5.99. The Morgan fingerprint density at radius 1 is 1.12 bits per heavy atom. The normalized spacial score (nSPS) is 13.4. The lowest BCUT2D eigenvalue weighted by Crippen LogP contribution is -2.35. The van der Waals surface area contributed by atoms with Crippen LogP contribution in [0.1, 0.15) is 48.9 Å². The second-order valence-electron chi connectivity index (χ2n) is 8.41. The predicted octanol–water partition coefficient (Wildman–Crippen LogP) is 4.08. The molecule has 1 aliphatic rings. The van der Waals surface area contributed by atoms with Gasteiger partial charge in [-0.1, -0.05) is 36.4 Å². The van der Waals surface area contributed by atoms with Crippen LogP contribution < -0.4 is 21.1 Å². The van der Waals surface area contributed by atoms with Crippen molar-refractivity contribution in [2.45, 2.75) is 51.2 Å². The van der Waals surface area contributed by atoms with Crippen LogP contribution in [0.2, 0.25) is 0 Å². The zero-order chi connectivity index (χ0) is 23.8. The summed E-state index contributed by atoms with van der Waals surface area (Å²) in [5.41, 5.74) is 8.92. The molecule has 8 nitrogen and oxygen atoms in total. The largest absolute Gasteiger partial charge is 0.490 e. The lowest BCUT2D eigenvalue weighted by atomic mass is 10.1. The van der Waals surface area contributed by atoms with Crippen molar-refractivity contribution >= 4 is 11.8 Å². The summed E-state index contributed by atoms with van der Waals surface area (Å²) in [4.78, 5) is 12.3. The number of ether oxygens (including phenoxy) is 1. The van der Waals surface area contributed by atoms with Crippen molar-refractivity contribution in [2.24, 2.45) is 0 Å². The number of hydrogen-bond acceptors (Lipinski definition) is 5. The third-order valence-electron chi connectivity index (χ3n) is 5.99.